The number of anilines is 1. The van der Waals surface area contributed by atoms with Crippen LogP contribution in [0.4, 0.5) is 5.69 Å². The lowest BCUT2D eigenvalue weighted by Crippen LogP contribution is -2.14. The summed E-state index contributed by atoms with van der Waals surface area (Å²) in [5.74, 6) is 0.605. The molecule has 0 bridgehead atoms. The maximum absolute atomic E-state index is 5.75. The third-order valence-electron chi connectivity index (χ3n) is 3.01. The van der Waals surface area contributed by atoms with E-state index in [4.69, 9.17) is 22.7 Å². The van der Waals surface area contributed by atoms with Gasteiger partial charge in [0.1, 0.15) is 4.99 Å². The van der Waals surface area contributed by atoms with E-state index in [9.17, 15) is 0 Å². The minimum Gasteiger partial charge on any atom is -0.481 e. The van der Waals surface area contributed by atoms with Crippen molar-refractivity contribution >= 4 is 22.9 Å². The summed E-state index contributed by atoms with van der Waals surface area (Å²) in [6.45, 7) is 2.67. The summed E-state index contributed by atoms with van der Waals surface area (Å²) >= 11 is 5.08. The van der Waals surface area contributed by atoms with Gasteiger partial charge in [0.15, 0.2) is 0 Å². The number of nitrogens with one attached hydrogen (secondary N) is 1. The van der Waals surface area contributed by atoms with Gasteiger partial charge in [0.05, 0.1) is 7.11 Å². The summed E-state index contributed by atoms with van der Waals surface area (Å²) in [5.41, 5.74) is 9.75. The Morgan fingerprint density at radius 2 is 2.15 bits per heavy atom. The number of nitrogens with two attached hydrogens (primary N) is 1. The average molecular weight is 287 g/mol. The summed E-state index contributed by atoms with van der Waals surface area (Å²) in [6, 6.07) is 9.70. The second kappa shape index (κ2) is 6.34. The van der Waals surface area contributed by atoms with Crippen molar-refractivity contribution in [2.45, 2.75) is 13.5 Å². The summed E-state index contributed by atoms with van der Waals surface area (Å²) < 4.78 is 5.04. The average Bonchev–Trinajstić information content (AvgIpc) is 2.46. The lowest BCUT2D eigenvalue weighted by Gasteiger charge is -2.14. The molecule has 0 fully saturated rings. The predicted octanol–water partition coefficient (Wildman–Crippen LogP) is 2.64. The van der Waals surface area contributed by atoms with E-state index in [1.54, 1.807) is 13.3 Å². The molecule has 4 nitrogen and oxygen atoms in total. The van der Waals surface area contributed by atoms with E-state index in [0.29, 0.717) is 17.4 Å². The molecule has 20 heavy (non-hydrogen) atoms. The number of aryl methyl sites for hydroxylation is 1. The van der Waals surface area contributed by atoms with Crippen molar-refractivity contribution in [1.29, 1.82) is 0 Å². The Bertz CT molecular complexity index is 611. The first kappa shape index (κ1) is 14.3. The Balaban J connectivity index is 2.16. The van der Waals surface area contributed by atoms with E-state index in [-0.39, 0.29) is 0 Å². The second-order valence-electron chi connectivity index (χ2n) is 4.42. The number of benzene rings is 1. The molecule has 1 aromatic carbocycles. The number of para-hydroxylation sites is 1. The molecule has 5 heteroatoms. The predicted molar refractivity (Wildman–Crippen MR) is 85.2 cm³/mol. The van der Waals surface area contributed by atoms with E-state index >= 15 is 0 Å². The number of hydrogen-bond acceptors (Lipinski definition) is 4. The first-order valence-corrected chi connectivity index (χ1v) is 6.65. The van der Waals surface area contributed by atoms with Crippen LogP contribution in [-0.4, -0.2) is 17.1 Å². The molecule has 0 aliphatic heterocycles. The van der Waals surface area contributed by atoms with E-state index in [1.165, 1.54) is 0 Å². The first-order chi connectivity index (χ1) is 9.61. The van der Waals surface area contributed by atoms with Gasteiger partial charge in [-0.15, -0.1) is 0 Å². The molecule has 0 spiro atoms. The highest BCUT2D eigenvalue weighted by molar-refractivity contribution is 7.80. The number of thiocarbonyl (C=S) groups is 1. The first-order valence-electron chi connectivity index (χ1n) is 6.24. The van der Waals surface area contributed by atoms with Crippen LogP contribution in [0.2, 0.25) is 0 Å². The smallest absolute Gasteiger partial charge is 0.212 e. The van der Waals surface area contributed by atoms with Crippen LogP contribution >= 0.6 is 12.2 Å². The minimum absolute atomic E-state index is 0.393. The van der Waals surface area contributed by atoms with Crippen molar-refractivity contribution < 1.29 is 4.74 Å². The zero-order valence-corrected chi connectivity index (χ0v) is 12.3. The van der Waals surface area contributed by atoms with Gasteiger partial charge < -0.3 is 15.8 Å². The molecule has 2 rings (SSSR count). The van der Waals surface area contributed by atoms with Crippen LogP contribution in [0.5, 0.6) is 5.88 Å². The SMILES string of the molecule is COc1ccc(CNc2c(C)cccc2C(N)=S)cn1. The van der Waals surface area contributed by atoms with Crippen LogP contribution in [0.25, 0.3) is 0 Å². The molecular weight excluding hydrogens is 270 g/mol. The van der Waals surface area contributed by atoms with Gasteiger partial charge in [-0.2, -0.15) is 0 Å². The van der Waals surface area contributed by atoms with Gasteiger partial charge in [-0.3, -0.25) is 0 Å². The van der Waals surface area contributed by atoms with Crippen molar-refractivity contribution in [2.75, 3.05) is 12.4 Å². The number of ether oxygens (including phenoxy) is 1. The molecule has 0 aliphatic carbocycles. The van der Waals surface area contributed by atoms with Gasteiger partial charge in [0, 0.05) is 30.1 Å². The maximum Gasteiger partial charge on any atom is 0.212 e. The number of nitrogens with zero attached hydrogens (tertiary/aromatic N) is 1. The molecule has 0 amide bonds. The van der Waals surface area contributed by atoms with Crippen molar-refractivity contribution in [1.82, 2.24) is 4.98 Å². The van der Waals surface area contributed by atoms with Crippen LogP contribution in [0.3, 0.4) is 0 Å². The fraction of sp³-hybridized carbons (Fsp3) is 0.200. The number of hydrogen-bond donors (Lipinski definition) is 2. The number of methoxy groups -OCH3 is 1. The largest absolute Gasteiger partial charge is 0.481 e. The molecule has 1 aromatic heterocycles. The number of aromatic nitrogens is 1. The highest BCUT2D eigenvalue weighted by Gasteiger charge is 2.07. The van der Waals surface area contributed by atoms with Crippen LogP contribution < -0.4 is 15.8 Å². The van der Waals surface area contributed by atoms with Crippen LogP contribution in [0.1, 0.15) is 16.7 Å². The van der Waals surface area contributed by atoms with Crippen molar-refractivity contribution in [2.24, 2.45) is 5.73 Å². The zero-order valence-electron chi connectivity index (χ0n) is 11.5. The third-order valence-corrected chi connectivity index (χ3v) is 3.23. The summed E-state index contributed by atoms with van der Waals surface area (Å²) in [4.78, 5) is 4.57. The fourth-order valence-corrected chi connectivity index (χ4v) is 2.10. The Morgan fingerprint density at radius 3 is 2.75 bits per heavy atom. The molecule has 0 unspecified atom stereocenters. The summed E-state index contributed by atoms with van der Waals surface area (Å²) in [5, 5.41) is 3.37. The molecule has 2 aromatic rings. The highest BCUT2D eigenvalue weighted by Crippen LogP contribution is 2.21. The number of pyridine rings is 1. The quantitative estimate of drug-likeness (QED) is 0.828. The van der Waals surface area contributed by atoms with E-state index in [0.717, 1.165) is 22.4 Å². The van der Waals surface area contributed by atoms with Gasteiger partial charge in [-0.25, -0.2) is 4.98 Å². The normalized spacial score (nSPS) is 10.1. The molecule has 1 heterocycles. The third kappa shape index (κ3) is 3.24. The molecule has 3 N–H and O–H groups in total. The molecule has 0 atom stereocenters. The molecule has 0 radical (unpaired) electrons. The molecule has 0 saturated heterocycles. The van der Waals surface area contributed by atoms with Crippen LogP contribution in [-0.2, 0) is 6.54 Å². The highest BCUT2D eigenvalue weighted by atomic mass is 32.1. The standard InChI is InChI=1S/C15H17N3OS/c1-10-4-3-5-12(15(16)20)14(10)18-9-11-6-7-13(19-2)17-8-11/h3-8,18H,9H2,1-2H3,(H2,16,20). The molecule has 0 aliphatic rings. The zero-order chi connectivity index (χ0) is 14.5. The lowest BCUT2D eigenvalue weighted by atomic mass is 10.1. The lowest BCUT2D eigenvalue weighted by molar-refractivity contribution is 0.397. The van der Waals surface area contributed by atoms with Crippen molar-refractivity contribution in [3.8, 4) is 5.88 Å². The van der Waals surface area contributed by atoms with Crippen LogP contribution in [0.15, 0.2) is 36.5 Å². The summed E-state index contributed by atoms with van der Waals surface area (Å²) in [6.07, 6.45) is 1.78. The van der Waals surface area contributed by atoms with Gasteiger partial charge in [-0.05, 0) is 24.1 Å². The topological polar surface area (TPSA) is 60.2 Å². The van der Waals surface area contributed by atoms with Gasteiger partial charge in [-0.1, -0.05) is 30.4 Å². The Kier molecular flexibility index (Phi) is 4.53. The monoisotopic (exact) mass is 287 g/mol. The van der Waals surface area contributed by atoms with E-state index in [2.05, 4.69) is 10.3 Å². The Labute approximate surface area is 124 Å². The maximum atomic E-state index is 5.75. The molecular formula is C15H17N3OS. The molecule has 104 valence electrons. The minimum atomic E-state index is 0.393. The Morgan fingerprint density at radius 1 is 1.35 bits per heavy atom. The van der Waals surface area contributed by atoms with Gasteiger partial charge in [0.25, 0.3) is 0 Å². The summed E-state index contributed by atoms with van der Waals surface area (Å²) in [7, 11) is 1.60. The molecule has 0 saturated carbocycles. The fourth-order valence-electron chi connectivity index (χ4n) is 1.93. The van der Waals surface area contributed by atoms with Gasteiger partial charge in [0.2, 0.25) is 5.88 Å². The number of rotatable bonds is 5. The van der Waals surface area contributed by atoms with Crippen molar-refractivity contribution in [3.05, 3.63) is 53.2 Å². The van der Waals surface area contributed by atoms with Gasteiger partial charge >= 0.3 is 0 Å². The van der Waals surface area contributed by atoms with Crippen LogP contribution in [0, 0.1) is 6.92 Å². The van der Waals surface area contributed by atoms with E-state index < -0.39 is 0 Å². The van der Waals surface area contributed by atoms with Crippen molar-refractivity contribution in [3.63, 3.8) is 0 Å². The Hall–Kier alpha value is -2.14. The van der Waals surface area contributed by atoms with E-state index in [1.807, 2.05) is 37.3 Å². The second-order valence-corrected chi connectivity index (χ2v) is 4.86.